The summed E-state index contributed by atoms with van der Waals surface area (Å²) in [6, 6.07) is 17.9. The third kappa shape index (κ3) is 5.39. The lowest BCUT2D eigenvalue weighted by Crippen LogP contribution is -2.52. The van der Waals surface area contributed by atoms with E-state index in [1.165, 1.54) is 17.0 Å². The van der Waals surface area contributed by atoms with Crippen molar-refractivity contribution in [3.05, 3.63) is 94.3 Å². The Balaban J connectivity index is 1.30. The number of nitrogens with one attached hydrogen (secondary N) is 1. The molecule has 2 fully saturated rings. The average Bonchev–Trinajstić information content (AvgIpc) is 3.50. The summed E-state index contributed by atoms with van der Waals surface area (Å²) in [5.74, 6) is -1.63. The van der Waals surface area contributed by atoms with Crippen molar-refractivity contribution in [3.8, 4) is 0 Å². The van der Waals surface area contributed by atoms with Crippen LogP contribution in [0.15, 0.2) is 82.1 Å². The maximum atomic E-state index is 14.2. The maximum Gasteiger partial charge on any atom is 0.266 e. The number of rotatable bonds is 9. The van der Waals surface area contributed by atoms with Gasteiger partial charge in [0, 0.05) is 11.6 Å². The van der Waals surface area contributed by atoms with Crippen LogP contribution >= 0.6 is 23.2 Å². The van der Waals surface area contributed by atoms with Gasteiger partial charge in [0.15, 0.2) is 15.4 Å². The first-order chi connectivity index (χ1) is 21.0. The third-order valence-electron chi connectivity index (χ3n) is 8.51. The van der Waals surface area contributed by atoms with Gasteiger partial charge in [-0.15, -0.1) is 0 Å². The van der Waals surface area contributed by atoms with E-state index in [2.05, 4.69) is 10.3 Å². The van der Waals surface area contributed by atoms with E-state index in [0.717, 1.165) is 5.56 Å². The summed E-state index contributed by atoms with van der Waals surface area (Å²) in [5.41, 5.74) is 0.814. The topological polar surface area (TPSA) is 127 Å². The van der Waals surface area contributed by atoms with Crippen LogP contribution in [-0.4, -0.2) is 59.8 Å². The number of halogens is 2. The number of carbonyl (C=O) groups excluding carboxylic acids is 3. The molecule has 44 heavy (non-hydrogen) atoms. The largest absolute Gasteiger partial charge is 0.434 e. The number of likely N-dealkylation sites (tertiary alicyclic amines) is 1. The van der Waals surface area contributed by atoms with Crippen LogP contribution in [0.5, 0.6) is 0 Å². The fourth-order valence-corrected chi connectivity index (χ4v) is 8.24. The Kier molecular flexibility index (Phi) is 8.02. The zero-order chi connectivity index (χ0) is 31.2. The van der Waals surface area contributed by atoms with Crippen molar-refractivity contribution in [1.82, 2.24) is 15.2 Å². The number of hydrogen-bond donors (Lipinski definition) is 1. The highest BCUT2D eigenvalue weighted by molar-refractivity contribution is 7.92. The SMILES string of the molecule is CC[C@H](NC(=O)[C@@H]1C[C@@H](S(=O)(=O)c2ccccc2Cl)CN1C(=O)C1(c2ccc(Cl)cc2)CC1)C(=O)c1nc2ccccc2o1. The molecule has 1 N–H and O–H groups in total. The zero-order valence-electron chi connectivity index (χ0n) is 23.7. The number of nitrogens with zero attached hydrogens (tertiary/aromatic N) is 2. The van der Waals surface area contributed by atoms with Crippen molar-refractivity contribution in [1.29, 1.82) is 0 Å². The molecule has 3 atom stereocenters. The summed E-state index contributed by atoms with van der Waals surface area (Å²) < 4.78 is 33.2. The summed E-state index contributed by atoms with van der Waals surface area (Å²) in [6.45, 7) is 1.53. The highest BCUT2D eigenvalue weighted by Gasteiger charge is 2.57. The molecule has 0 bridgehead atoms. The quantitative estimate of drug-likeness (QED) is 0.240. The molecule has 12 heteroatoms. The van der Waals surface area contributed by atoms with Gasteiger partial charge in [0.05, 0.1) is 26.6 Å². The molecular formula is C32H29Cl2N3O6S. The van der Waals surface area contributed by atoms with E-state index >= 15 is 0 Å². The van der Waals surface area contributed by atoms with Gasteiger partial charge >= 0.3 is 0 Å². The van der Waals surface area contributed by atoms with Gasteiger partial charge < -0.3 is 14.6 Å². The smallest absolute Gasteiger partial charge is 0.266 e. The van der Waals surface area contributed by atoms with Crippen LogP contribution in [0.4, 0.5) is 0 Å². The first kappa shape index (κ1) is 30.3. The van der Waals surface area contributed by atoms with E-state index in [-0.39, 0.29) is 41.1 Å². The lowest BCUT2D eigenvalue weighted by atomic mass is 9.94. The predicted octanol–water partition coefficient (Wildman–Crippen LogP) is 5.39. The molecule has 2 heterocycles. The van der Waals surface area contributed by atoms with Crippen molar-refractivity contribution in [2.75, 3.05) is 6.54 Å². The zero-order valence-corrected chi connectivity index (χ0v) is 26.0. The predicted molar refractivity (Wildman–Crippen MR) is 165 cm³/mol. The van der Waals surface area contributed by atoms with Crippen molar-refractivity contribution >= 4 is 61.7 Å². The van der Waals surface area contributed by atoms with Crippen molar-refractivity contribution in [2.24, 2.45) is 0 Å². The van der Waals surface area contributed by atoms with E-state index in [0.29, 0.717) is 29.0 Å². The molecule has 0 spiro atoms. The minimum Gasteiger partial charge on any atom is -0.434 e. The van der Waals surface area contributed by atoms with Gasteiger partial charge in [0.2, 0.25) is 17.6 Å². The van der Waals surface area contributed by atoms with Gasteiger partial charge in [0.1, 0.15) is 11.6 Å². The minimum atomic E-state index is -4.02. The number of ketones is 1. The molecule has 3 aromatic carbocycles. The van der Waals surface area contributed by atoms with Gasteiger partial charge in [-0.25, -0.2) is 13.4 Å². The molecule has 9 nitrogen and oxygen atoms in total. The molecule has 0 unspecified atom stereocenters. The maximum absolute atomic E-state index is 14.2. The number of hydrogen-bond acceptors (Lipinski definition) is 7. The van der Waals surface area contributed by atoms with Crippen molar-refractivity contribution in [2.45, 2.75) is 60.3 Å². The second-order valence-corrected chi connectivity index (χ2v) is 14.3. The molecule has 1 aromatic heterocycles. The van der Waals surface area contributed by atoms with Crippen LogP contribution in [0, 0.1) is 0 Å². The fraction of sp³-hybridized carbons (Fsp3) is 0.312. The Morgan fingerprint density at radius 3 is 2.36 bits per heavy atom. The highest BCUT2D eigenvalue weighted by atomic mass is 35.5. The number of oxazole rings is 1. The molecular weight excluding hydrogens is 625 g/mol. The van der Waals surface area contributed by atoms with Gasteiger partial charge in [-0.1, -0.05) is 66.5 Å². The Morgan fingerprint density at radius 2 is 1.70 bits per heavy atom. The Morgan fingerprint density at radius 1 is 1.02 bits per heavy atom. The van der Waals surface area contributed by atoms with Crippen molar-refractivity contribution < 1.29 is 27.2 Å². The lowest BCUT2D eigenvalue weighted by molar-refractivity contribution is -0.140. The summed E-state index contributed by atoms with van der Waals surface area (Å²) in [4.78, 5) is 47.0. The molecule has 1 aliphatic heterocycles. The molecule has 1 saturated carbocycles. The van der Waals surface area contributed by atoms with Gasteiger partial charge in [-0.3, -0.25) is 14.4 Å². The number of sulfone groups is 1. The Hall–Kier alpha value is -3.73. The molecule has 1 saturated heterocycles. The normalized spacial score (nSPS) is 19.9. The first-order valence-corrected chi connectivity index (χ1v) is 16.6. The fourth-order valence-electron chi connectivity index (χ4n) is 5.89. The van der Waals surface area contributed by atoms with E-state index in [1.807, 2.05) is 0 Å². The summed E-state index contributed by atoms with van der Waals surface area (Å²) >= 11 is 12.4. The number of carbonyl (C=O) groups is 3. The second kappa shape index (κ2) is 11.6. The Labute approximate surface area is 264 Å². The average molecular weight is 655 g/mol. The lowest BCUT2D eigenvalue weighted by Gasteiger charge is -2.29. The van der Waals surface area contributed by atoms with Gasteiger partial charge in [0.25, 0.3) is 5.89 Å². The first-order valence-electron chi connectivity index (χ1n) is 14.3. The number of Topliss-reactive ketones (excluding diaryl/α,β-unsaturated/α-hetero) is 1. The number of aromatic nitrogens is 1. The molecule has 1 aliphatic carbocycles. The molecule has 6 rings (SSSR count). The molecule has 4 aromatic rings. The van der Waals surface area contributed by atoms with Gasteiger partial charge in [-0.05, 0) is 67.6 Å². The molecule has 0 radical (unpaired) electrons. The monoisotopic (exact) mass is 653 g/mol. The Bertz CT molecular complexity index is 1840. The molecule has 228 valence electrons. The van der Waals surface area contributed by atoms with Crippen LogP contribution in [0.1, 0.15) is 48.9 Å². The van der Waals surface area contributed by atoms with Gasteiger partial charge in [-0.2, -0.15) is 0 Å². The minimum absolute atomic E-state index is 0.0588. The number of benzene rings is 3. The van der Waals surface area contributed by atoms with E-state index in [4.69, 9.17) is 27.6 Å². The summed E-state index contributed by atoms with van der Waals surface area (Å²) in [7, 11) is -4.02. The molecule has 2 aliphatic rings. The van der Waals surface area contributed by atoms with Crippen LogP contribution in [-0.2, 0) is 24.8 Å². The number of amides is 2. The molecule has 2 amide bonds. The summed E-state index contributed by atoms with van der Waals surface area (Å²) in [5, 5.41) is 2.26. The number of fused-ring (bicyclic) bond motifs is 1. The highest BCUT2D eigenvalue weighted by Crippen LogP contribution is 2.51. The van der Waals surface area contributed by atoms with Crippen LogP contribution in [0.2, 0.25) is 10.0 Å². The van der Waals surface area contributed by atoms with E-state index in [1.54, 1.807) is 67.6 Å². The summed E-state index contributed by atoms with van der Waals surface area (Å²) in [6.07, 6.45) is 1.16. The standard InChI is InChI=1S/C32H29Cl2N3O6S/c1-2-23(28(38)30-36-24-8-4-5-9-26(24)43-30)35-29(39)25-17-21(44(41,42)27-10-6-3-7-22(27)34)18-37(25)31(40)32(15-16-32)19-11-13-20(33)14-12-19/h3-14,21,23,25H,2,15-18H2,1H3,(H,35,39)/t21-,23+,25+/m1/s1. The third-order valence-corrected chi connectivity index (χ3v) is 11.4. The number of para-hydroxylation sites is 2. The second-order valence-electron chi connectivity index (χ2n) is 11.2. The van der Waals surface area contributed by atoms with Crippen LogP contribution in [0.3, 0.4) is 0 Å². The van der Waals surface area contributed by atoms with Crippen molar-refractivity contribution in [3.63, 3.8) is 0 Å². The van der Waals surface area contributed by atoms with E-state index < -0.39 is 44.3 Å². The van der Waals surface area contributed by atoms with E-state index in [9.17, 15) is 22.8 Å². The van der Waals surface area contributed by atoms with Crippen LogP contribution in [0.25, 0.3) is 11.1 Å². The van der Waals surface area contributed by atoms with Crippen LogP contribution < -0.4 is 5.32 Å².